The van der Waals surface area contributed by atoms with Crippen LogP contribution in [0.25, 0.3) is 0 Å². The first-order valence-electron chi connectivity index (χ1n) is 5.68. The molecule has 1 aromatic rings. The lowest BCUT2D eigenvalue weighted by Crippen LogP contribution is -2.06. The number of aromatic nitrogens is 2. The molecule has 2 fully saturated rings. The van der Waals surface area contributed by atoms with Crippen LogP contribution >= 0.6 is 0 Å². The summed E-state index contributed by atoms with van der Waals surface area (Å²) in [5.74, 6) is 0.722. The molecule has 3 rings (SSSR count). The van der Waals surface area contributed by atoms with Crippen LogP contribution in [-0.2, 0) is 4.74 Å². The van der Waals surface area contributed by atoms with Crippen LogP contribution in [0.1, 0.15) is 53.7 Å². The first-order valence-corrected chi connectivity index (χ1v) is 5.68. The van der Waals surface area contributed by atoms with Crippen LogP contribution in [0.2, 0.25) is 0 Å². The molecule has 0 spiro atoms. The molecule has 0 amide bonds. The SMILES string of the molecule is COC(=O)c1nn(C2CC2)c(N)c1C1CC1. The quantitative estimate of drug-likeness (QED) is 0.784. The lowest BCUT2D eigenvalue weighted by Gasteiger charge is -2.01. The molecule has 2 aliphatic rings. The molecule has 2 saturated carbocycles. The third-order valence-corrected chi connectivity index (χ3v) is 3.24. The topological polar surface area (TPSA) is 70.1 Å². The summed E-state index contributed by atoms with van der Waals surface area (Å²) < 4.78 is 6.56. The Bertz CT molecular complexity index is 444. The molecule has 1 heterocycles. The van der Waals surface area contributed by atoms with Crippen molar-refractivity contribution < 1.29 is 9.53 Å². The van der Waals surface area contributed by atoms with Gasteiger partial charge in [0, 0.05) is 5.56 Å². The zero-order valence-corrected chi connectivity index (χ0v) is 9.27. The molecule has 0 aromatic carbocycles. The molecule has 16 heavy (non-hydrogen) atoms. The van der Waals surface area contributed by atoms with E-state index in [4.69, 9.17) is 10.5 Å². The van der Waals surface area contributed by atoms with Crippen molar-refractivity contribution in [1.82, 2.24) is 9.78 Å². The van der Waals surface area contributed by atoms with E-state index >= 15 is 0 Å². The summed E-state index contributed by atoms with van der Waals surface area (Å²) in [6.45, 7) is 0. The molecule has 2 N–H and O–H groups in total. The van der Waals surface area contributed by atoms with Gasteiger partial charge in [-0.25, -0.2) is 9.48 Å². The Labute approximate surface area is 93.6 Å². The fraction of sp³-hybridized carbons (Fsp3) is 0.636. The monoisotopic (exact) mass is 221 g/mol. The number of carbonyl (C=O) groups is 1. The van der Waals surface area contributed by atoms with Crippen molar-refractivity contribution in [3.8, 4) is 0 Å². The van der Waals surface area contributed by atoms with Gasteiger partial charge in [-0.15, -0.1) is 0 Å². The summed E-state index contributed by atoms with van der Waals surface area (Å²) in [7, 11) is 1.38. The minimum Gasteiger partial charge on any atom is -0.464 e. The van der Waals surface area contributed by atoms with Gasteiger partial charge in [-0.1, -0.05) is 0 Å². The van der Waals surface area contributed by atoms with Crippen molar-refractivity contribution in [1.29, 1.82) is 0 Å². The largest absolute Gasteiger partial charge is 0.464 e. The summed E-state index contributed by atoms with van der Waals surface area (Å²) in [5.41, 5.74) is 7.41. The van der Waals surface area contributed by atoms with Gasteiger partial charge in [0.15, 0.2) is 5.69 Å². The van der Waals surface area contributed by atoms with E-state index < -0.39 is 0 Å². The van der Waals surface area contributed by atoms with E-state index in [0.29, 0.717) is 23.5 Å². The number of esters is 1. The van der Waals surface area contributed by atoms with Gasteiger partial charge < -0.3 is 10.5 Å². The van der Waals surface area contributed by atoms with Crippen LogP contribution in [0.4, 0.5) is 5.82 Å². The summed E-state index contributed by atoms with van der Waals surface area (Å²) in [4.78, 5) is 11.6. The molecule has 86 valence electrons. The van der Waals surface area contributed by atoms with E-state index in [0.717, 1.165) is 31.2 Å². The maximum atomic E-state index is 11.6. The average molecular weight is 221 g/mol. The highest BCUT2D eigenvalue weighted by atomic mass is 16.5. The van der Waals surface area contributed by atoms with E-state index in [2.05, 4.69) is 5.10 Å². The normalized spacial score (nSPS) is 19.8. The molecule has 2 aliphatic carbocycles. The number of nitrogens with zero attached hydrogens (tertiary/aromatic N) is 2. The van der Waals surface area contributed by atoms with Crippen LogP contribution in [0, 0.1) is 0 Å². The maximum absolute atomic E-state index is 11.6. The molecule has 1 aromatic heterocycles. The van der Waals surface area contributed by atoms with Crippen LogP contribution in [-0.4, -0.2) is 22.9 Å². The van der Waals surface area contributed by atoms with Gasteiger partial charge >= 0.3 is 5.97 Å². The fourth-order valence-corrected chi connectivity index (χ4v) is 2.08. The Hall–Kier alpha value is -1.52. The van der Waals surface area contributed by atoms with Gasteiger partial charge in [-0.2, -0.15) is 5.10 Å². The van der Waals surface area contributed by atoms with Crippen LogP contribution in [0.15, 0.2) is 0 Å². The van der Waals surface area contributed by atoms with Crippen LogP contribution in [0.3, 0.4) is 0 Å². The number of anilines is 1. The van der Waals surface area contributed by atoms with Crippen molar-refractivity contribution in [3.63, 3.8) is 0 Å². The van der Waals surface area contributed by atoms with Gasteiger partial charge in [0.05, 0.1) is 13.2 Å². The Morgan fingerprint density at radius 2 is 2.12 bits per heavy atom. The second-order valence-electron chi connectivity index (χ2n) is 4.59. The lowest BCUT2D eigenvalue weighted by atomic mass is 10.1. The molecule has 0 aliphatic heterocycles. The first-order chi connectivity index (χ1) is 7.72. The minimum atomic E-state index is -0.368. The third-order valence-electron chi connectivity index (χ3n) is 3.24. The third kappa shape index (κ3) is 1.38. The highest BCUT2D eigenvalue weighted by Crippen LogP contribution is 2.47. The molecular formula is C11H15N3O2. The van der Waals surface area contributed by atoms with Gasteiger partial charge in [0.25, 0.3) is 0 Å². The van der Waals surface area contributed by atoms with Crippen molar-refractivity contribution in [2.24, 2.45) is 0 Å². The number of ether oxygens (including phenoxy) is 1. The number of rotatable bonds is 3. The Kier molecular flexibility index (Phi) is 1.96. The Morgan fingerprint density at radius 1 is 1.44 bits per heavy atom. The number of carbonyl (C=O) groups excluding carboxylic acids is 1. The van der Waals surface area contributed by atoms with E-state index in [1.54, 1.807) is 4.68 Å². The summed E-state index contributed by atoms with van der Waals surface area (Å²) in [6.07, 6.45) is 4.42. The van der Waals surface area contributed by atoms with Crippen molar-refractivity contribution in [3.05, 3.63) is 11.3 Å². The molecule has 0 bridgehead atoms. The summed E-state index contributed by atoms with van der Waals surface area (Å²) in [6, 6.07) is 0.399. The first kappa shape index (κ1) is 9.69. The minimum absolute atomic E-state index is 0.368. The van der Waals surface area contributed by atoms with Gasteiger partial charge in [-0.3, -0.25) is 0 Å². The predicted octanol–water partition coefficient (Wildman–Crippen LogP) is 1.46. The fourth-order valence-electron chi connectivity index (χ4n) is 2.08. The summed E-state index contributed by atoms with van der Waals surface area (Å²) >= 11 is 0. The number of hydrogen-bond donors (Lipinski definition) is 1. The van der Waals surface area contributed by atoms with Gasteiger partial charge in [-0.05, 0) is 31.6 Å². The van der Waals surface area contributed by atoms with Crippen LogP contribution < -0.4 is 5.73 Å². The zero-order chi connectivity index (χ0) is 11.3. The van der Waals surface area contributed by atoms with Crippen molar-refractivity contribution in [2.75, 3.05) is 12.8 Å². The zero-order valence-electron chi connectivity index (χ0n) is 9.27. The molecule has 5 nitrogen and oxygen atoms in total. The second kappa shape index (κ2) is 3.23. The van der Waals surface area contributed by atoms with E-state index in [9.17, 15) is 4.79 Å². The average Bonchev–Trinajstić information content (AvgIpc) is 3.16. The number of nitrogen functional groups attached to an aromatic ring is 1. The highest BCUT2D eigenvalue weighted by Gasteiger charge is 2.37. The molecule has 0 atom stereocenters. The predicted molar refractivity (Wildman–Crippen MR) is 58.2 cm³/mol. The Morgan fingerprint density at radius 3 is 2.62 bits per heavy atom. The summed E-state index contributed by atoms with van der Waals surface area (Å²) in [5, 5.41) is 4.32. The maximum Gasteiger partial charge on any atom is 0.358 e. The van der Waals surface area contributed by atoms with E-state index in [-0.39, 0.29) is 5.97 Å². The number of nitrogens with two attached hydrogens (primary N) is 1. The second-order valence-corrected chi connectivity index (χ2v) is 4.59. The number of hydrogen-bond acceptors (Lipinski definition) is 4. The van der Waals surface area contributed by atoms with Crippen LogP contribution in [0.5, 0.6) is 0 Å². The molecule has 5 heteroatoms. The van der Waals surface area contributed by atoms with Crippen molar-refractivity contribution in [2.45, 2.75) is 37.6 Å². The molecule has 0 unspecified atom stereocenters. The molecule has 0 radical (unpaired) electrons. The molecule has 0 saturated heterocycles. The van der Waals surface area contributed by atoms with E-state index in [1.165, 1.54) is 7.11 Å². The highest BCUT2D eigenvalue weighted by molar-refractivity contribution is 5.90. The van der Waals surface area contributed by atoms with E-state index in [1.807, 2.05) is 0 Å². The van der Waals surface area contributed by atoms with Crippen molar-refractivity contribution >= 4 is 11.8 Å². The van der Waals surface area contributed by atoms with Gasteiger partial charge in [0.1, 0.15) is 5.82 Å². The lowest BCUT2D eigenvalue weighted by molar-refractivity contribution is 0.0591. The smallest absolute Gasteiger partial charge is 0.358 e. The van der Waals surface area contributed by atoms with Gasteiger partial charge in [0.2, 0.25) is 0 Å². The Balaban J connectivity index is 2.06. The molecular weight excluding hydrogens is 206 g/mol. The standard InChI is InChI=1S/C11H15N3O2/c1-16-11(15)9-8(6-2-3-6)10(12)14(13-9)7-4-5-7/h6-7H,2-5,12H2,1H3. The number of methoxy groups -OCH3 is 1.